The second-order valence-electron chi connectivity index (χ2n) is 4.27. The van der Waals surface area contributed by atoms with E-state index in [1.54, 1.807) is 36.7 Å². The fourth-order valence-electron chi connectivity index (χ4n) is 1.96. The van der Waals surface area contributed by atoms with Crippen LogP contribution in [-0.2, 0) is 9.59 Å². The molecule has 2 aromatic rings. The number of carbonyl (C=O) groups is 2. The first-order valence-corrected chi connectivity index (χ1v) is 6.14. The maximum atomic E-state index is 11.6. The van der Waals surface area contributed by atoms with Gasteiger partial charge in [-0.25, -0.2) is 9.88 Å². The fraction of sp³-hybridized carbons (Fsp3) is 0.143. The maximum absolute atomic E-state index is 11.6. The van der Waals surface area contributed by atoms with Crippen LogP contribution in [0, 0.1) is 0 Å². The predicted molar refractivity (Wildman–Crippen MR) is 70.3 cm³/mol. The quantitative estimate of drug-likeness (QED) is 0.796. The number of pyridine rings is 2. The van der Waals surface area contributed by atoms with Gasteiger partial charge in [0, 0.05) is 25.1 Å². The van der Waals surface area contributed by atoms with E-state index in [1.165, 1.54) is 6.20 Å². The molecule has 100 valence electrons. The van der Waals surface area contributed by atoms with Gasteiger partial charge in [-0.1, -0.05) is 0 Å². The number of carbonyl (C=O) groups excluding carboxylic acids is 2. The highest BCUT2D eigenvalue weighted by atomic mass is 16.5. The standard InChI is InChI=1S/C14H11N3O3/c18-13-5-6-14(19)17(13)10-3-4-12(16-8-10)20-11-2-1-7-15-9-11/h1-4,7-9H,5-6H2. The molecule has 20 heavy (non-hydrogen) atoms. The number of ether oxygens (including phenoxy) is 1. The van der Waals surface area contributed by atoms with Crippen molar-refractivity contribution >= 4 is 17.5 Å². The summed E-state index contributed by atoms with van der Waals surface area (Å²) in [7, 11) is 0. The van der Waals surface area contributed by atoms with Gasteiger partial charge >= 0.3 is 0 Å². The second-order valence-corrected chi connectivity index (χ2v) is 4.27. The average Bonchev–Trinajstić information content (AvgIpc) is 2.81. The van der Waals surface area contributed by atoms with Crippen molar-refractivity contribution in [3.8, 4) is 11.6 Å². The SMILES string of the molecule is O=C1CCC(=O)N1c1ccc(Oc2cccnc2)nc1. The van der Waals surface area contributed by atoms with E-state index in [0.29, 0.717) is 17.3 Å². The van der Waals surface area contributed by atoms with Crippen LogP contribution in [0.3, 0.4) is 0 Å². The molecule has 0 spiro atoms. The van der Waals surface area contributed by atoms with Crippen molar-refractivity contribution in [3.05, 3.63) is 42.9 Å². The van der Waals surface area contributed by atoms with Crippen molar-refractivity contribution in [2.24, 2.45) is 0 Å². The lowest BCUT2D eigenvalue weighted by Crippen LogP contribution is -2.28. The van der Waals surface area contributed by atoms with Gasteiger partial charge in [0.2, 0.25) is 17.7 Å². The summed E-state index contributed by atoms with van der Waals surface area (Å²) in [4.78, 5) is 32.4. The predicted octanol–water partition coefficient (Wildman–Crippen LogP) is 1.92. The van der Waals surface area contributed by atoms with Gasteiger partial charge in [-0.15, -0.1) is 0 Å². The number of hydrogen-bond donors (Lipinski definition) is 0. The zero-order chi connectivity index (χ0) is 13.9. The minimum Gasteiger partial charge on any atom is -0.437 e. The average molecular weight is 269 g/mol. The first-order valence-electron chi connectivity index (χ1n) is 6.14. The fourth-order valence-corrected chi connectivity index (χ4v) is 1.96. The van der Waals surface area contributed by atoms with Gasteiger partial charge in [0.05, 0.1) is 18.1 Å². The number of aromatic nitrogens is 2. The van der Waals surface area contributed by atoms with Crippen LogP contribution in [0.25, 0.3) is 0 Å². The molecule has 3 rings (SSSR count). The maximum Gasteiger partial charge on any atom is 0.234 e. The lowest BCUT2D eigenvalue weighted by molar-refractivity contribution is -0.121. The van der Waals surface area contributed by atoms with Crippen LogP contribution in [0.5, 0.6) is 11.6 Å². The van der Waals surface area contributed by atoms with Crippen molar-refractivity contribution in [2.45, 2.75) is 12.8 Å². The molecule has 6 heteroatoms. The smallest absolute Gasteiger partial charge is 0.234 e. The van der Waals surface area contributed by atoms with Gasteiger partial charge in [-0.3, -0.25) is 14.6 Å². The lowest BCUT2D eigenvalue weighted by atomic mass is 10.3. The van der Waals surface area contributed by atoms with E-state index in [2.05, 4.69) is 9.97 Å². The zero-order valence-electron chi connectivity index (χ0n) is 10.5. The van der Waals surface area contributed by atoms with Gasteiger partial charge in [0.1, 0.15) is 5.75 Å². The molecule has 1 aliphatic heterocycles. The number of hydrogen-bond acceptors (Lipinski definition) is 5. The van der Waals surface area contributed by atoms with E-state index >= 15 is 0 Å². The van der Waals surface area contributed by atoms with Crippen molar-refractivity contribution in [2.75, 3.05) is 4.90 Å². The summed E-state index contributed by atoms with van der Waals surface area (Å²) in [5, 5.41) is 0. The Kier molecular flexibility index (Phi) is 3.12. The van der Waals surface area contributed by atoms with Gasteiger partial charge in [0.25, 0.3) is 0 Å². The third-order valence-electron chi connectivity index (χ3n) is 2.89. The summed E-state index contributed by atoms with van der Waals surface area (Å²) < 4.78 is 5.49. The summed E-state index contributed by atoms with van der Waals surface area (Å²) in [5.74, 6) is 0.553. The normalized spacial score (nSPS) is 14.7. The Morgan fingerprint density at radius 3 is 2.45 bits per heavy atom. The zero-order valence-corrected chi connectivity index (χ0v) is 10.5. The topological polar surface area (TPSA) is 72.4 Å². The van der Waals surface area contributed by atoms with Crippen molar-refractivity contribution in [1.82, 2.24) is 9.97 Å². The van der Waals surface area contributed by atoms with E-state index in [1.807, 2.05) is 0 Å². The van der Waals surface area contributed by atoms with Gasteiger partial charge in [-0.05, 0) is 18.2 Å². The van der Waals surface area contributed by atoms with Crippen LogP contribution in [0.15, 0.2) is 42.9 Å². The molecule has 0 unspecified atom stereocenters. The van der Waals surface area contributed by atoms with Crippen LogP contribution < -0.4 is 9.64 Å². The molecule has 0 bridgehead atoms. The van der Waals surface area contributed by atoms with Crippen LogP contribution in [-0.4, -0.2) is 21.8 Å². The van der Waals surface area contributed by atoms with E-state index in [9.17, 15) is 9.59 Å². The number of imide groups is 1. The molecule has 2 amide bonds. The monoisotopic (exact) mass is 269 g/mol. The molecule has 0 aliphatic carbocycles. The molecule has 0 N–H and O–H groups in total. The molecule has 6 nitrogen and oxygen atoms in total. The Balaban J connectivity index is 1.78. The Hall–Kier alpha value is -2.76. The summed E-state index contributed by atoms with van der Waals surface area (Å²) in [5.41, 5.74) is 0.469. The molecular weight excluding hydrogens is 258 g/mol. The Morgan fingerprint density at radius 2 is 1.85 bits per heavy atom. The Morgan fingerprint density at radius 1 is 1.05 bits per heavy atom. The first kappa shape index (κ1) is 12.3. The number of nitrogens with zero attached hydrogens (tertiary/aromatic N) is 3. The molecular formula is C14H11N3O3. The highest BCUT2D eigenvalue weighted by Gasteiger charge is 2.30. The molecule has 1 saturated heterocycles. The van der Waals surface area contributed by atoms with E-state index in [-0.39, 0.29) is 24.7 Å². The van der Waals surface area contributed by atoms with Crippen molar-refractivity contribution in [1.29, 1.82) is 0 Å². The molecule has 0 aromatic carbocycles. The van der Waals surface area contributed by atoms with Crippen molar-refractivity contribution < 1.29 is 14.3 Å². The van der Waals surface area contributed by atoms with E-state index < -0.39 is 0 Å². The molecule has 3 heterocycles. The molecule has 0 saturated carbocycles. The van der Waals surface area contributed by atoms with Crippen LogP contribution in [0.1, 0.15) is 12.8 Å². The highest BCUT2D eigenvalue weighted by Crippen LogP contribution is 2.24. The van der Waals surface area contributed by atoms with Gasteiger partial charge in [-0.2, -0.15) is 0 Å². The molecule has 0 atom stereocenters. The van der Waals surface area contributed by atoms with Crippen LogP contribution in [0.2, 0.25) is 0 Å². The van der Waals surface area contributed by atoms with E-state index in [0.717, 1.165) is 4.90 Å². The molecule has 2 aromatic heterocycles. The van der Waals surface area contributed by atoms with E-state index in [4.69, 9.17) is 4.74 Å². The first-order chi connectivity index (χ1) is 9.74. The third-order valence-corrected chi connectivity index (χ3v) is 2.89. The summed E-state index contributed by atoms with van der Waals surface area (Å²) in [6.07, 6.45) is 5.18. The third kappa shape index (κ3) is 2.35. The minimum absolute atomic E-state index is 0.197. The van der Waals surface area contributed by atoms with Crippen LogP contribution >= 0.6 is 0 Å². The van der Waals surface area contributed by atoms with Gasteiger partial charge < -0.3 is 4.74 Å². The van der Waals surface area contributed by atoms with Crippen molar-refractivity contribution in [3.63, 3.8) is 0 Å². The number of anilines is 1. The summed E-state index contributed by atoms with van der Waals surface area (Å²) in [6, 6.07) is 6.77. The molecule has 0 radical (unpaired) electrons. The van der Waals surface area contributed by atoms with Gasteiger partial charge in [0.15, 0.2) is 0 Å². The number of amides is 2. The largest absolute Gasteiger partial charge is 0.437 e. The van der Waals surface area contributed by atoms with Crippen LogP contribution in [0.4, 0.5) is 5.69 Å². The molecule has 1 aliphatic rings. The minimum atomic E-state index is -0.197. The summed E-state index contributed by atoms with van der Waals surface area (Å²) >= 11 is 0. The highest BCUT2D eigenvalue weighted by molar-refractivity contribution is 6.19. The summed E-state index contributed by atoms with van der Waals surface area (Å²) in [6.45, 7) is 0. The number of rotatable bonds is 3. The molecule has 1 fully saturated rings. The Labute approximate surface area is 115 Å². The Bertz CT molecular complexity index is 624. The lowest BCUT2D eigenvalue weighted by Gasteiger charge is -2.13. The second kappa shape index (κ2) is 5.08.